The molecule has 0 saturated heterocycles. The number of H-pyrrole nitrogens is 1. The van der Waals surface area contributed by atoms with Crippen LogP contribution >= 0.6 is 11.6 Å². The molecule has 2 aromatic carbocycles. The Morgan fingerprint density at radius 3 is 2.53 bits per heavy atom. The van der Waals surface area contributed by atoms with Crippen molar-refractivity contribution in [2.75, 3.05) is 19.6 Å². The molecule has 0 amide bonds. The first-order chi connectivity index (χ1) is 14.7. The van der Waals surface area contributed by atoms with Crippen LogP contribution in [0, 0.1) is 0 Å². The lowest BCUT2D eigenvalue weighted by Crippen LogP contribution is -2.30. The molecule has 3 aromatic rings. The van der Waals surface area contributed by atoms with Crippen molar-refractivity contribution in [2.45, 2.75) is 38.5 Å². The van der Waals surface area contributed by atoms with Gasteiger partial charge < -0.3 is 4.98 Å². The molecule has 0 bridgehead atoms. The first-order valence-corrected chi connectivity index (χ1v) is 11.4. The lowest BCUT2D eigenvalue weighted by atomic mass is 9.89. The highest BCUT2D eigenvalue weighted by molar-refractivity contribution is 6.30. The van der Waals surface area contributed by atoms with Crippen LogP contribution in [0.2, 0.25) is 5.02 Å². The Hall–Kier alpha value is -2.36. The molecule has 2 heterocycles. The summed E-state index contributed by atoms with van der Waals surface area (Å²) in [6, 6.07) is 14.7. The minimum atomic E-state index is 0.113. The smallest absolute Gasteiger partial charge is 0.251 e. The van der Waals surface area contributed by atoms with Crippen LogP contribution in [-0.4, -0.2) is 29.5 Å². The number of fused-ring (bicyclic) bond motifs is 3. The van der Waals surface area contributed by atoms with E-state index < -0.39 is 0 Å². The monoisotopic (exact) mass is 418 g/mol. The molecule has 2 aliphatic rings. The van der Waals surface area contributed by atoms with Gasteiger partial charge in [-0.2, -0.15) is 0 Å². The number of halogens is 1. The van der Waals surface area contributed by atoms with E-state index in [9.17, 15) is 4.79 Å². The summed E-state index contributed by atoms with van der Waals surface area (Å²) < 4.78 is 0. The number of aromatic nitrogens is 1. The second kappa shape index (κ2) is 8.41. The van der Waals surface area contributed by atoms with E-state index in [1.54, 1.807) is 0 Å². The van der Waals surface area contributed by atoms with Gasteiger partial charge in [-0.15, -0.1) is 0 Å². The van der Waals surface area contributed by atoms with Crippen LogP contribution in [0.25, 0.3) is 16.5 Å². The van der Waals surface area contributed by atoms with Crippen molar-refractivity contribution in [3.63, 3.8) is 0 Å². The Labute approximate surface area is 182 Å². The Bertz CT molecular complexity index is 1160. The Morgan fingerprint density at radius 1 is 0.967 bits per heavy atom. The van der Waals surface area contributed by atoms with Crippen LogP contribution in [0.5, 0.6) is 0 Å². The Balaban J connectivity index is 1.28. The maximum absolute atomic E-state index is 12.4. The third-order valence-corrected chi connectivity index (χ3v) is 6.88. The predicted octanol–water partition coefficient (Wildman–Crippen LogP) is 5.39. The van der Waals surface area contributed by atoms with Crippen molar-refractivity contribution in [3.05, 3.63) is 86.2 Å². The number of hydrogen-bond donors (Lipinski definition) is 1. The van der Waals surface area contributed by atoms with E-state index in [4.69, 9.17) is 11.6 Å². The first-order valence-electron chi connectivity index (χ1n) is 11.0. The number of nitrogens with one attached hydrogen (secondary N) is 1. The van der Waals surface area contributed by atoms with Crippen molar-refractivity contribution in [1.29, 1.82) is 0 Å². The zero-order chi connectivity index (χ0) is 20.5. The fraction of sp³-hybridized carbons (Fsp3) is 0.346. The van der Waals surface area contributed by atoms with Crippen LogP contribution in [0.4, 0.5) is 0 Å². The molecule has 0 atom stereocenters. The number of benzene rings is 2. The minimum absolute atomic E-state index is 0.113. The van der Waals surface area contributed by atoms with Crippen molar-refractivity contribution < 1.29 is 0 Å². The summed E-state index contributed by atoms with van der Waals surface area (Å²) in [6.07, 6.45) is 8.73. The molecule has 0 fully saturated rings. The number of aromatic amines is 1. The fourth-order valence-electron chi connectivity index (χ4n) is 4.88. The summed E-state index contributed by atoms with van der Waals surface area (Å²) in [6.45, 7) is 3.14. The van der Waals surface area contributed by atoms with Gasteiger partial charge in [0.05, 0.1) is 0 Å². The van der Waals surface area contributed by atoms with Gasteiger partial charge in [0, 0.05) is 41.1 Å². The van der Waals surface area contributed by atoms with Gasteiger partial charge in [0.15, 0.2) is 0 Å². The summed E-state index contributed by atoms with van der Waals surface area (Å²) in [5, 5.41) is 2.04. The van der Waals surface area contributed by atoms with E-state index in [2.05, 4.69) is 46.3 Å². The third kappa shape index (κ3) is 3.97. The number of rotatable bonds is 4. The fourth-order valence-corrected chi connectivity index (χ4v) is 5.01. The zero-order valence-electron chi connectivity index (χ0n) is 17.2. The van der Waals surface area contributed by atoms with Gasteiger partial charge in [0.25, 0.3) is 5.56 Å². The quantitative estimate of drug-likeness (QED) is 0.616. The van der Waals surface area contributed by atoms with E-state index in [-0.39, 0.29) is 5.56 Å². The van der Waals surface area contributed by atoms with Gasteiger partial charge in [0.1, 0.15) is 0 Å². The molecular formula is C26H27ClN2O. The Kier molecular flexibility index (Phi) is 5.49. The van der Waals surface area contributed by atoms with Gasteiger partial charge in [-0.3, -0.25) is 9.69 Å². The first kappa shape index (κ1) is 19.6. The SMILES string of the molecule is O=c1[nH]c2ccc(CCN3CC=C(c4ccc(Cl)cc4)CC3)cc2c2c1CCCC2. The number of hydrogen-bond acceptors (Lipinski definition) is 2. The number of aryl methyl sites for hydroxylation is 1. The molecule has 1 aliphatic carbocycles. The van der Waals surface area contributed by atoms with Crippen molar-refractivity contribution in [2.24, 2.45) is 0 Å². The molecule has 154 valence electrons. The summed E-state index contributed by atoms with van der Waals surface area (Å²) in [5.74, 6) is 0. The highest BCUT2D eigenvalue weighted by Gasteiger charge is 2.17. The second-order valence-electron chi connectivity index (χ2n) is 8.54. The van der Waals surface area contributed by atoms with E-state index >= 15 is 0 Å². The summed E-state index contributed by atoms with van der Waals surface area (Å²) >= 11 is 6.01. The molecule has 5 rings (SSSR count). The second-order valence-corrected chi connectivity index (χ2v) is 8.97. The van der Waals surface area contributed by atoms with Crippen LogP contribution in [-0.2, 0) is 19.3 Å². The van der Waals surface area contributed by atoms with Crippen molar-refractivity contribution in [1.82, 2.24) is 9.88 Å². The van der Waals surface area contributed by atoms with Crippen LogP contribution in [0.15, 0.2) is 53.3 Å². The van der Waals surface area contributed by atoms with E-state index in [0.717, 1.165) is 67.8 Å². The van der Waals surface area contributed by atoms with Gasteiger partial charge in [-0.25, -0.2) is 0 Å². The maximum atomic E-state index is 12.4. The van der Waals surface area contributed by atoms with Gasteiger partial charge in [0.2, 0.25) is 0 Å². The normalized spacial score (nSPS) is 17.0. The van der Waals surface area contributed by atoms with Crippen LogP contribution < -0.4 is 5.56 Å². The molecule has 4 heteroatoms. The molecule has 1 N–H and O–H groups in total. The molecule has 1 aliphatic heterocycles. The lowest BCUT2D eigenvalue weighted by Gasteiger charge is -2.26. The highest BCUT2D eigenvalue weighted by Crippen LogP contribution is 2.27. The number of pyridine rings is 1. The largest absolute Gasteiger partial charge is 0.322 e. The molecule has 1 aromatic heterocycles. The standard InChI is InChI=1S/C26H27ClN2O/c27-21-8-6-19(7-9-21)20-12-15-29(16-13-20)14-11-18-5-10-25-24(17-18)22-3-1-2-4-23(22)26(30)28-25/h5-10,12,17H,1-4,11,13-16H2,(H,28,30). The average Bonchev–Trinajstić information content (AvgIpc) is 2.79. The van der Waals surface area contributed by atoms with Crippen LogP contribution in [0.1, 0.15) is 41.5 Å². The molecule has 0 unspecified atom stereocenters. The molecular weight excluding hydrogens is 392 g/mol. The molecule has 30 heavy (non-hydrogen) atoms. The number of nitrogens with zero attached hydrogens (tertiary/aromatic N) is 1. The zero-order valence-corrected chi connectivity index (χ0v) is 18.0. The highest BCUT2D eigenvalue weighted by atomic mass is 35.5. The molecule has 0 saturated carbocycles. The summed E-state index contributed by atoms with van der Waals surface area (Å²) in [4.78, 5) is 18.0. The van der Waals surface area contributed by atoms with E-state index in [0.29, 0.717) is 0 Å². The maximum Gasteiger partial charge on any atom is 0.251 e. The van der Waals surface area contributed by atoms with Crippen LogP contribution in [0.3, 0.4) is 0 Å². The lowest BCUT2D eigenvalue weighted by molar-refractivity contribution is 0.306. The molecule has 0 spiro atoms. The van der Waals surface area contributed by atoms with Gasteiger partial charge in [-0.05, 0) is 85.1 Å². The van der Waals surface area contributed by atoms with Crippen molar-refractivity contribution in [3.8, 4) is 0 Å². The van der Waals surface area contributed by atoms with Crippen molar-refractivity contribution >= 4 is 28.1 Å². The predicted molar refractivity (Wildman–Crippen MR) is 125 cm³/mol. The van der Waals surface area contributed by atoms with E-state index in [1.165, 1.54) is 34.1 Å². The topological polar surface area (TPSA) is 36.1 Å². The Morgan fingerprint density at radius 2 is 1.77 bits per heavy atom. The molecule has 3 nitrogen and oxygen atoms in total. The van der Waals surface area contributed by atoms with Gasteiger partial charge >= 0.3 is 0 Å². The third-order valence-electron chi connectivity index (χ3n) is 6.62. The summed E-state index contributed by atoms with van der Waals surface area (Å²) in [7, 11) is 0. The summed E-state index contributed by atoms with van der Waals surface area (Å²) in [5.41, 5.74) is 7.46. The van der Waals surface area contributed by atoms with Gasteiger partial charge in [-0.1, -0.05) is 35.9 Å². The average molecular weight is 419 g/mol. The van der Waals surface area contributed by atoms with E-state index in [1.807, 2.05) is 12.1 Å². The molecule has 0 radical (unpaired) electrons. The minimum Gasteiger partial charge on any atom is -0.322 e.